The summed E-state index contributed by atoms with van der Waals surface area (Å²) >= 11 is 11.9. The number of methoxy groups -OCH3 is 1. The van der Waals surface area contributed by atoms with Crippen molar-refractivity contribution in [1.82, 2.24) is 4.90 Å². The fraction of sp³-hybridized carbons (Fsp3) is 0.188. The van der Waals surface area contributed by atoms with Crippen molar-refractivity contribution >= 4 is 29.1 Å². The first kappa shape index (κ1) is 16.6. The zero-order valence-corrected chi connectivity index (χ0v) is 13.6. The fourth-order valence-corrected chi connectivity index (χ4v) is 2.64. The molecule has 2 aromatic rings. The van der Waals surface area contributed by atoms with Gasteiger partial charge in [0.25, 0.3) is 5.91 Å². The number of hydrogen-bond acceptors (Lipinski definition) is 2. The van der Waals surface area contributed by atoms with Crippen molar-refractivity contribution in [2.45, 2.75) is 6.54 Å². The highest BCUT2D eigenvalue weighted by atomic mass is 35.5. The number of hydrogen-bond donors (Lipinski definition) is 0. The number of carbonyl (C=O) groups excluding carboxylic acids is 1. The Morgan fingerprint density at radius 1 is 1.18 bits per heavy atom. The van der Waals surface area contributed by atoms with Gasteiger partial charge in [-0.25, -0.2) is 4.39 Å². The molecule has 116 valence electrons. The van der Waals surface area contributed by atoms with Crippen LogP contribution in [0.15, 0.2) is 36.4 Å². The highest BCUT2D eigenvalue weighted by Gasteiger charge is 2.15. The maximum Gasteiger partial charge on any atom is 0.254 e. The van der Waals surface area contributed by atoms with Crippen LogP contribution in [0, 0.1) is 5.82 Å². The monoisotopic (exact) mass is 341 g/mol. The second kappa shape index (κ2) is 6.99. The molecular weight excluding hydrogens is 328 g/mol. The van der Waals surface area contributed by atoms with Gasteiger partial charge < -0.3 is 9.64 Å². The minimum Gasteiger partial charge on any atom is -0.494 e. The summed E-state index contributed by atoms with van der Waals surface area (Å²) in [6, 6.07) is 9.17. The molecule has 2 rings (SSSR count). The van der Waals surface area contributed by atoms with Gasteiger partial charge in [0.05, 0.1) is 7.11 Å². The van der Waals surface area contributed by atoms with Crippen molar-refractivity contribution < 1.29 is 13.9 Å². The van der Waals surface area contributed by atoms with Crippen LogP contribution in [0.1, 0.15) is 15.9 Å². The lowest BCUT2D eigenvalue weighted by Crippen LogP contribution is -2.26. The van der Waals surface area contributed by atoms with Crippen LogP contribution in [-0.4, -0.2) is 25.0 Å². The molecule has 0 N–H and O–H groups in total. The molecular formula is C16H14Cl2FNO2. The molecule has 0 aliphatic heterocycles. The molecule has 0 spiro atoms. The SMILES string of the molecule is COc1ccc(C(=O)N(C)Cc2cc(Cl)cc(Cl)c2)cc1F. The van der Waals surface area contributed by atoms with Gasteiger partial charge in [0.15, 0.2) is 11.6 Å². The molecule has 0 aromatic heterocycles. The van der Waals surface area contributed by atoms with E-state index in [0.717, 1.165) is 11.6 Å². The van der Waals surface area contributed by atoms with Crippen LogP contribution in [0.2, 0.25) is 10.0 Å². The van der Waals surface area contributed by atoms with Gasteiger partial charge >= 0.3 is 0 Å². The Bertz CT molecular complexity index is 686. The Labute approximate surface area is 138 Å². The third kappa shape index (κ3) is 3.90. The summed E-state index contributed by atoms with van der Waals surface area (Å²) in [6.45, 7) is 0.312. The Hall–Kier alpha value is -1.78. The summed E-state index contributed by atoms with van der Waals surface area (Å²) < 4.78 is 18.5. The summed E-state index contributed by atoms with van der Waals surface area (Å²) in [4.78, 5) is 13.8. The normalized spacial score (nSPS) is 10.4. The fourth-order valence-electron chi connectivity index (χ4n) is 2.07. The van der Waals surface area contributed by atoms with Gasteiger partial charge in [-0.05, 0) is 42.0 Å². The predicted molar refractivity (Wildman–Crippen MR) is 85.2 cm³/mol. The van der Waals surface area contributed by atoms with Crippen molar-refractivity contribution in [1.29, 1.82) is 0 Å². The molecule has 0 atom stereocenters. The highest BCUT2D eigenvalue weighted by molar-refractivity contribution is 6.34. The lowest BCUT2D eigenvalue weighted by molar-refractivity contribution is 0.0784. The lowest BCUT2D eigenvalue weighted by atomic mass is 10.1. The second-order valence-electron chi connectivity index (χ2n) is 4.79. The number of rotatable bonds is 4. The Morgan fingerprint density at radius 2 is 1.82 bits per heavy atom. The molecule has 0 aliphatic rings. The smallest absolute Gasteiger partial charge is 0.254 e. The zero-order chi connectivity index (χ0) is 16.3. The van der Waals surface area contributed by atoms with Gasteiger partial charge in [0.1, 0.15) is 0 Å². The van der Waals surface area contributed by atoms with Crippen LogP contribution in [0.4, 0.5) is 4.39 Å². The molecule has 0 aliphatic carbocycles. The standard InChI is InChI=1S/C16H14Cl2FNO2/c1-20(9-10-5-12(17)8-13(18)6-10)16(21)11-3-4-15(22-2)14(19)7-11/h3-8H,9H2,1-2H3. The van der Waals surface area contributed by atoms with Crippen molar-refractivity contribution in [3.8, 4) is 5.75 Å². The first-order chi connectivity index (χ1) is 10.4. The van der Waals surface area contributed by atoms with Crippen LogP contribution in [0.5, 0.6) is 5.75 Å². The van der Waals surface area contributed by atoms with E-state index in [1.165, 1.54) is 24.1 Å². The molecule has 0 heterocycles. The molecule has 1 amide bonds. The molecule has 0 bridgehead atoms. The van der Waals surface area contributed by atoms with E-state index in [1.54, 1.807) is 25.2 Å². The van der Waals surface area contributed by atoms with Crippen LogP contribution in [0.25, 0.3) is 0 Å². The number of carbonyl (C=O) groups is 1. The first-order valence-corrected chi connectivity index (χ1v) is 7.20. The highest BCUT2D eigenvalue weighted by Crippen LogP contribution is 2.22. The summed E-state index contributed by atoms with van der Waals surface area (Å²) in [5, 5.41) is 0.998. The quantitative estimate of drug-likeness (QED) is 0.824. The van der Waals surface area contributed by atoms with Crippen LogP contribution >= 0.6 is 23.2 Å². The minimum absolute atomic E-state index is 0.0980. The number of benzene rings is 2. The lowest BCUT2D eigenvalue weighted by Gasteiger charge is -2.18. The second-order valence-corrected chi connectivity index (χ2v) is 5.66. The van der Waals surface area contributed by atoms with E-state index in [4.69, 9.17) is 27.9 Å². The van der Waals surface area contributed by atoms with Crippen LogP contribution < -0.4 is 4.74 Å². The third-order valence-electron chi connectivity index (χ3n) is 3.09. The van der Waals surface area contributed by atoms with E-state index in [-0.39, 0.29) is 17.2 Å². The minimum atomic E-state index is -0.576. The topological polar surface area (TPSA) is 29.5 Å². The van der Waals surface area contributed by atoms with E-state index in [9.17, 15) is 9.18 Å². The molecule has 0 radical (unpaired) electrons. The molecule has 0 fully saturated rings. The molecule has 6 heteroatoms. The molecule has 0 unspecified atom stereocenters. The zero-order valence-electron chi connectivity index (χ0n) is 12.1. The number of nitrogens with zero attached hydrogens (tertiary/aromatic N) is 1. The molecule has 22 heavy (non-hydrogen) atoms. The largest absolute Gasteiger partial charge is 0.494 e. The van der Waals surface area contributed by atoms with Crippen molar-refractivity contribution in [3.63, 3.8) is 0 Å². The summed E-state index contributed by atoms with van der Waals surface area (Å²) in [5.74, 6) is -0.786. The van der Waals surface area contributed by atoms with E-state index in [0.29, 0.717) is 16.6 Å². The van der Waals surface area contributed by atoms with Crippen molar-refractivity contribution in [2.24, 2.45) is 0 Å². The van der Waals surface area contributed by atoms with Gasteiger partial charge in [-0.3, -0.25) is 4.79 Å². The predicted octanol–water partition coefficient (Wildman–Crippen LogP) is 4.41. The van der Waals surface area contributed by atoms with E-state index < -0.39 is 5.82 Å². The van der Waals surface area contributed by atoms with Gasteiger partial charge in [0.2, 0.25) is 0 Å². The summed E-state index contributed by atoms with van der Waals surface area (Å²) in [7, 11) is 2.99. The Kier molecular flexibility index (Phi) is 5.27. The maximum atomic E-state index is 13.7. The average molecular weight is 342 g/mol. The first-order valence-electron chi connectivity index (χ1n) is 6.44. The Balaban J connectivity index is 2.16. The average Bonchev–Trinajstić information content (AvgIpc) is 2.45. The molecule has 0 saturated heterocycles. The number of ether oxygens (including phenoxy) is 1. The van der Waals surface area contributed by atoms with Gasteiger partial charge in [0, 0.05) is 29.2 Å². The van der Waals surface area contributed by atoms with E-state index in [2.05, 4.69) is 0 Å². The van der Waals surface area contributed by atoms with Crippen molar-refractivity contribution in [3.05, 3.63) is 63.4 Å². The number of amides is 1. The Morgan fingerprint density at radius 3 is 2.36 bits per heavy atom. The van der Waals surface area contributed by atoms with Gasteiger partial charge in [-0.15, -0.1) is 0 Å². The molecule has 0 saturated carbocycles. The van der Waals surface area contributed by atoms with E-state index in [1.807, 2.05) is 0 Å². The summed E-state index contributed by atoms with van der Waals surface area (Å²) in [5.41, 5.74) is 1.04. The maximum absolute atomic E-state index is 13.7. The third-order valence-corrected chi connectivity index (χ3v) is 3.52. The molecule has 2 aromatic carbocycles. The van der Waals surface area contributed by atoms with Crippen LogP contribution in [0.3, 0.4) is 0 Å². The van der Waals surface area contributed by atoms with Gasteiger partial charge in [-0.2, -0.15) is 0 Å². The number of halogens is 3. The van der Waals surface area contributed by atoms with Crippen molar-refractivity contribution in [2.75, 3.05) is 14.2 Å². The molecule has 3 nitrogen and oxygen atoms in total. The van der Waals surface area contributed by atoms with E-state index >= 15 is 0 Å². The summed E-state index contributed by atoms with van der Waals surface area (Å²) in [6.07, 6.45) is 0. The van der Waals surface area contributed by atoms with Crippen LogP contribution in [-0.2, 0) is 6.54 Å². The van der Waals surface area contributed by atoms with Gasteiger partial charge in [-0.1, -0.05) is 23.2 Å².